The molecule has 94 valence electrons. The summed E-state index contributed by atoms with van der Waals surface area (Å²) in [4.78, 5) is 2.66. The van der Waals surface area contributed by atoms with E-state index in [2.05, 4.69) is 18.7 Å². The molecule has 0 spiro atoms. The average molecular weight is 225 g/mol. The molecule has 2 fully saturated rings. The Bertz CT molecular complexity index is 219. The zero-order valence-electron chi connectivity index (χ0n) is 10.9. The van der Waals surface area contributed by atoms with Gasteiger partial charge < -0.3 is 5.11 Å². The Morgan fingerprint density at radius 3 is 2.31 bits per heavy atom. The van der Waals surface area contributed by atoms with Gasteiger partial charge in [0.1, 0.15) is 0 Å². The minimum Gasteiger partial charge on any atom is -0.393 e. The van der Waals surface area contributed by atoms with E-state index < -0.39 is 0 Å². The zero-order valence-corrected chi connectivity index (χ0v) is 10.9. The highest BCUT2D eigenvalue weighted by molar-refractivity contribution is 4.93. The van der Waals surface area contributed by atoms with Gasteiger partial charge in [-0.05, 0) is 50.6 Å². The fraction of sp³-hybridized carbons (Fsp3) is 1.00. The van der Waals surface area contributed by atoms with Crippen LogP contribution in [0.3, 0.4) is 0 Å². The Morgan fingerprint density at radius 2 is 1.69 bits per heavy atom. The molecule has 1 aliphatic heterocycles. The number of rotatable bonds is 1. The maximum Gasteiger partial charge on any atom is 0.0555 e. The van der Waals surface area contributed by atoms with Crippen LogP contribution in [0, 0.1) is 5.41 Å². The van der Waals surface area contributed by atoms with Crippen molar-refractivity contribution >= 4 is 0 Å². The zero-order chi connectivity index (χ0) is 11.6. The molecule has 1 saturated heterocycles. The van der Waals surface area contributed by atoms with Gasteiger partial charge >= 0.3 is 0 Å². The van der Waals surface area contributed by atoms with Crippen LogP contribution in [-0.4, -0.2) is 35.2 Å². The Morgan fingerprint density at radius 1 is 1.06 bits per heavy atom. The van der Waals surface area contributed by atoms with E-state index in [-0.39, 0.29) is 6.10 Å². The van der Waals surface area contributed by atoms with Gasteiger partial charge in [0.15, 0.2) is 0 Å². The van der Waals surface area contributed by atoms with Crippen LogP contribution < -0.4 is 0 Å². The summed E-state index contributed by atoms with van der Waals surface area (Å²) in [6, 6.07) is 0.606. The predicted molar refractivity (Wildman–Crippen MR) is 67.5 cm³/mol. The van der Waals surface area contributed by atoms with Crippen LogP contribution in [0.2, 0.25) is 0 Å². The molecule has 16 heavy (non-hydrogen) atoms. The first-order chi connectivity index (χ1) is 7.59. The lowest BCUT2D eigenvalue weighted by molar-refractivity contribution is -0.0102. The lowest BCUT2D eigenvalue weighted by atomic mass is 9.71. The van der Waals surface area contributed by atoms with Gasteiger partial charge in [-0.2, -0.15) is 0 Å². The largest absolute Gasteiger partial charge is 0.393 e. The summed E-state index contributed by atoms with van der Waals surface area (Å²) in [5.74, 6) is 0. The first-order valence-corrected chi connectivity index (χ1v) is 7.02. The van der Waals surface area contributed by atoms with Crippen molar-refractivity contribution in [3.8, 4) is 0 Å². The number of hydrogen-bond donors (Lipinski definition) is 1. The van der Waals surface area contributed by atoms with E-state index in [4.69, 9.17) is 0 Å². The number of likely N-dealkylation sites (tertiary alicyclic amines) is 1. The highest BCUT2D eigenvalue weighted by Crippen LogP contribution is 2.39. The van der Waals surface area contributed by atoms with Gasteiger partial charge in [0, 0.05) is 6.04 Å². The van der Waals surface area contributed by atoms with Crippen molar-refractivity contribution in [2.45, 2.75) is 70.9 Å². The topological polar surface area (TPSA) is 23.5 Å². The summed E-state index contributed by atoms with van der Waals surface area (Å²) in [5, 5.41) is 9.89. The second-order valence-electron chi connectivity index (χ2n) is 6.38. The van der Waals surface area contributed by atoms with Crippen molar-refractivity contribution in [1.82, 2.24) is 4.90 Å². The number of nitrogens with zero attached hydrogens (tertiary/aromatic N) is 1. The van der Waals surface area contributed by atoms with Crippen LogP contribution in [0.5, 0.6) is 0 Å². The average Bonchev–Trinajstić information content (AvgIpc) is 2.50. The minimum absolute atomic E-state index is 0.0544. The minimum atomic E-state index is -0.0544. The highest BCUT2D eigenvalue weighted by atomic mass is 16.3. The van der Waals surface area contributed by atoms with Gasteiger partial charge in [0.2, 0.25) is 0 Å². The van der Waals surface area contributed by atoms with Crippen molar-refractivity contribution in [3.63, 3.8) is 0 Å². The summed E-state index contributed by atoms with van der Waals surface area (Å²) in [6.07, 6.45) is 8.60. The Kier molecular flexibility index (Phi) is 3.91. The molecule has 2 heteroatoms. The summed E-state index contributed by atoms with van der Waals surface area (Å²) in [5.41, 5.74) is 0.392. The van der Waals surface area contributed by atoms with E-state index in [1.54, 1.807) is 0 Å². The standard InChI is InChI=1S/C14H27NO/c1-14(2)8-7-12(16)11-13(14)15-9-5-3-4-6-10-15/h12-13,16H,3-11H2,1-2H3. The third-order valence-electron chi connectivity index (χ3n) is 4.60. The summed E-state index contributed by atoms with van der Waals surface area (Å²) >= 11 is 0. The van der Waals surface area contributed by atoms with Gasteiger partial charge in [0.05, 0.1) is 6.10 Å². The highest BCUT2D eigenvalue weighted by Gasteiger charge is 2.39. The molecule has 0 bridgehead atoms. The van der Waals surface area contributed by atoms with Gasteiger partial charge in [0.25, 0.3) is 0 Å². The number of aliphatic hydroxyl groups is 1. The molecular formula is C14H27NO. The van der Waals surface area contributed by atoms with Crippen LogP contribution in [0.1, 0.15) is 58.8 Å². The van der Waals surface area contributed by atoms with E-state index in [1.807, 2.05) is 0 Å². The first-order valence-electron chi connectivity index (χ1n) is 7.02. The quantitative estimate of drug-likeness (QED) is 0.742. The molecule has 1 heterocycles. The molecule has 0 aromatic heterocycles. The van der Waals surface area contributed by atoms with Crippen molar-refractivity contribution in [2.24, 2.45) is 5.41 Å². The maximum atomic E-state index is 9.89. The molecule has 2 aliphatic rings. The van der Waals surface area contributed by atoms with Crippen molar-refractivity contribution in [2.75, 3.05) is 13.1 Å². The van der Waals surface area contributed by atoms with E-state index in [1.165, 1.54) is 45.2 Å². The van der Waals surface area contributed by atoms with Crippen molar-refractivity contribution in [1.29, 1.82) is 0 Å². The normalized spacial score (nSPS) is 36.9. The SMILES string of the molecule is CC1(C)CCC(O)CC1N1CCCCCC1. The Hall–Kier alpha value is -0.0800. The van der Waals surface area contributed by atoms with Crippen molar-refractivity contribution in [3.05, 3.63) is 0 Å². The maximum absolute atomic E-state index is 9.89. The van der Waals surface area contributed by atoms with Crippen LogP contribution in [0.15, 0.2) is 0 Å². The molecule has 1 N–H and O–H groups in total. The monoisotopic (exact) mass is 225 g/mol. The van der Waals surface area contributed by atoms with Crippen molar-refractivity contribution < 1.29 is 5.11 Å². The summed E-state index contributed by atoms with van der Waals surface area (Å²) < 4.78 is 0. The molecular weight excluding hydrogens is 198 g/mol. The molecule has 0 radical (unpaired) electrons. The first kappa shape index (κ1) is 12.4. The number of aliphatic hydroxyl groups excluding tert-OH is 1. The van der Waals surface area contributed by atoms with Gasteiger partial charge in [-0.25, -0.2) is 0 Å². The van der Waals surface area contributed by atoms with E-state index in [0.717, 1.165) is 12.8 Å². The molecule has 2 nitrogen and oxygen atoms in total. The smallest absolute Gasteiger partial charge is 0.0555 e. The number of hydrogen-bond acceptors (Lipinski definition) is 2. The molecule has 2 unspecified atom stereocenters. The van der Waals surface area contributed by atoms with Crippen LogP contribution in [0.4, 0.5) is 0 Å². The summed E-state index contributed by atoms with van der Waals surface area (Å²) in [6.45, 7) is 7.27. The molecule has 2 atom stereocenters. The molecule has 1 aliphatic carbocycles. The second-order valence-corrected chi connectivity index (χ2v) is 6.38. The van der Waals surface area contributed by atoms with Crippen LogP contribution in [-0.2, 0) is 0 Å². The third-order valence-corrected chi connectivity index (χ3v) is 4.60. The predicted octanol–water partition coefficient (Wildman–Crippen LogP) is 2.80. The Balaban J connectivity index is 2.03. The van der Waals surface area contributed by atoms with Crippen LogP contribution in [0.25, 0.3) is 0 Å². The molecule has 0 aromatic carbocycles. The van der Waals surface area contributed by atoms with E-state index in [0.29, 0.717) is 11.5 Å². The molecule has 2 rings (SSSR count). The lowest BCUT2D eigenvalue weighted by Gasteiger charge is -2.46. The lowest BCUT2D eigenvalue weighted by Crippen LogP contribution is -2.50. The molecule has 1 saturated carbocycles. The summed E-state index contributed by atoms with van der Waals surface area (Å²) in [7, 11) is 0. The van der Waals surface area contributed by atoms with Gasteiger partial charge in [-0.3, -0.25) is 4.90 Å². The third kappa shape index (κ3) is 2.78. The van der Waals surface area contributed by atoms with E-state index in [9.17, 15) is 5.11 Å². The molecule has 0 amide bonds. The van der Waals surface area contributed by atoms with E-state index >= 15 is 0 Å². The van der Waals surface area contributed by atoms with Crippen LogP contribution >= 0.6 is 0 Å². The van der Waals surface area contributed by atoms with Gasteiger partial charge in [-0.1, -0.05) is 26.7 Å². The van der Waals surface area contributed by atoms with Gasteiger partial charge in [-0.15, -0.1) is 0 Å². The Labute approximate surface area is 100 Å². The molecule has 0 aromatic rings. The fourth-order valence-electron chi connectivity index (χ4n) is 3.45. The fourth-order valence-corrected chi connectivity index (χ4v) is 3.45. The second kappa shape index (κ2) is 5.05.